The number of nitrogens with zero attached hydrogens (tertiary/aromatic N) is 2. The predicted octanol–water partition coefficient (Wildman–Crippen LogP) is 2.46. The number of imidazole rings is 1. The van der Waals surface area contributed by atoms with Crippen LogP contribution in [0.3, 0.4) is 0 Å². The van der Waals surface area contributed by atoms with Crippen LogP contribution in [-0.2, 0) is 4.79 Å². The van der Waals surface area contributed by atoms with Crippen LogP contribution >= 0.6 is 11.6 Å². The lowest BCUT2D eigenvalue weighted by molar-refractivity contribution is -0.115. The predicted molar refractivity (Wildman–Crippen MR) is 80.3 cm³/mol. The van der Waals surface area contributed by atoms with Crippen molar-refractivity contribution < 1.29 is 4.79 Å². The minimum absolute atomic E-state index is 0.109. The number of halogens is 1. The first-order chi connectivity index (χ1) is 9.58. The molecule has 0 aliphatic carbocycles. The van der Waals surface area contributed by atoms with Gasteiger partial charge in [0.25, 0.3) is 0 Å². The number of benzene rings is 1. The average Bonchev–Trinajstić information content (AvgIpc) is 2.90. The van der Waals surface area contributed by atoms with E-state index in [2.05, 4.69) is 15.6 Å². The van der Waals surface area contributed by atoms with Crippen LogP contribution in [0.5, 0.6) is 0 Å². The standard InChI is InChI=1S/C14H17ClN4O/c1-10(2)17-8-13(20)18-12-5-3-4-11(15)14(12)19-7-6-16-9-19/h3-7,9-10,17H,8H2,1-2H3,(H,18,20). The van der Waals surface area contributed by atoms with Crippen LogP contribution in [0.2, 0.25) is 5.02 Å². The molecule has 1 amide bonds. The number of para-hydroxylation sites is 1. The Morgan fingerprint density at radius 3 is 2.90 bits per heavy atom. The highest BCUT2D eigenvalue weighted by Crippen LogP contribution is 2.28. The van der Waals surface area contributed by atoms with Crippen LogP contribution in [0.25, 0.3) is 5.69 Å². The van der Waals surface area contributed by atoms with E-state index in [1.165, 1.54) is 0 Å². The molecular weight excluding hydrogens is 276 g/mol. The number of hydrogen-bond donors (Lipinski definition) is 2. The Morgan fingerprint density at radius 1 is 1.45 bits per heavy atom. The quantitative estimate of drug-likeness (QED) is 0.890. The summed E-state index contributed by atoms with van der Waals surface area (Å²) in [5.41, 5.74) is 1.37. The maximum absolute atomic E-state index is 11.9. The number of rotatable bonds is 5. The summed E-state index contributed by atoms with van der Waals surface area (Å²) in [6.07, 6.45) is 5.09. The van der Waals surface area contributed by atoms with Crippen LogP contribution in [-0.4, -0.2) is 28.0 Å². The molecule has 1 aromatic carbocycles. The Morgan fingerprint density at radius 2 is 2.25 bits per heavy atom. The fraction of sp³-hybridized carbons (Fsp3) is 0.286. The summed E-state index contributed by atoms with van der Waals surface area (Å²) in [6.45, 7) is 4.24. The summed E-state index contributed by atoms with van der Waals surface area (Å²) < 4.78 is 1.77. The topological polar surface area (TPSA) is 59.0 Å². The Labute approximate surface area is 123 Å². The van der Waals surface area contributed by atoms with E-state index < -0.39 is 0 Å². The molecule has 0 spiro atoms. The molecule has 2 rings (SSSR count). The number of hydrogen-bond acceptors (Lipinski definition) is 3. The van der Waals surface area contributed by atoms with Gasteiger partial charge in [0.15, 0.2) is 0 Å². The molecule has 0 fully saturated rings. The van der Waals surface area contributed by atoms with Gasteiger partial charge in [0.2, 0.25) is 5.91 Å². The van der Waals surface area contributed by atoms with Crippen LogP contribution in [0.15, 0.2) is 36.9 Å². The molecule has 1 heterocycles. The third kappa shape index (κ3) is 3.59. The fourth-order valence-corrected chi connectivity index (χ4v) is 2.03. The highest BCUT2D eigenvalue weighted by atomic mass is 35.5. The number of amides is 1. The van der Waals surface area contributed by atoms with Gasteiger partial charge >= 0.3 is 0 Å². The zero-order valence-electron chi connectivity index (χ0n) is 11.4. The molecule has 2 aromatic rings. The minimum Gasteiger partial charge on any atom is -0.323 e. The van der Waals surface area contributed by atoms with Crippen molar-refractivity contribution in [1.82, 2.24) is 14.9 Å². The number of carbonyl (C=O) groups is 1. The highest BCUT2D eigenvalue weighted by Gasteiger charge is 2.11. The van der Waals surface area contributed by atoms with Crippen molar-refractivity contribution in [2.75, 3.05) is 11.9 Å². The number of anilines is 1. The van der Waals surface area contributed by atoms with Gasteiger partial charge in [-0.1, -0.05) is 31.5 Å². The monoisotopic (exact) mass is 292 g/mol. The summed E-state index contributed by atoms with van der Waals surface area (Å²) >= 11 is 6.22. The Bertz CT molecular complexity index is 581. The summed E-state index contributed by atoms with van der Waals surface area (Å²) in [5, 5.41) is 6.48. The van der Waals surface area contributed by atoms with E-state index in [0.29, 0.717) is 16.4 Å². The minimum atomic E-state index is -0.109. The van der Waals surface area contributed by atoms with Gasteiger partial charge < -0.3 is 15.2 Å². The van der Waals surface area contributed by atoms with Gasteiger partial charge in [0, 0.05) is 18.4 Å². The first-order valence-corrected chi connectivity index (χ1v) is 6.76. The normalized spacial score (nSPS) is 10.8. The zero-order chi connectivity index (χ0) is 14.5. The molecule has 1 aromatic heterocycles. The van der Waals surface area contributed by atoms with Crippen molar-refractivity contribution >= 4 is 23.2 Å². The van der Waals surface area contributed by atoms with E-state index in [1.807, 2.05) is 19.9 Å². The molecule has 0 saturated carbocycles. The van der Waals surface area contributed by atoms with Crippen LogP contribution in [0.1, 0.15) is 13.8 Å². The van der Waals surface area contributed by atoms with Gasteiger partial charge in [-0.2, -0.15) is 0 Å². The van der Waals surface area contributed by atoms with Gasteiger partial charge in [-0.15, -0.1) is 0 Å². The second-order valence-corrected chi connectivity index (χ2v) is 5.10. The van der Waals surface area contributed by atoms with Gasteiger partial charge in [-0.25, -0.2) is 4.98 Å². The van der Waals surface area contributed by atoms with Crippen LogP contribution in [0.4, 0.5) is 5.69 Å². The van der Waals surface area contributed by atoms with E-state index in [1.54, 1.807) is 35.4 Å². The molecule has 6 heteroatoms. The van der Waals surface area contributed by atoms with Crippen molar-refractivity contribution in [1.29, 1.82) is 0 Å². The number of nitrogens with one attached hydrogen (secondary N) is 2. The summed E-state index contributed by atoms with van der Waals surface area (Å²) in [6, 6.07) is 5.65. The van der Waals surface area contributed by atoms with Crippen molar-refractivity contribution in [3.05, 3.63) is 41.9 Å². The number of aromatic nitrogens is 2. The molecule has 0 aliphatic rings. The molecule has 0 atom stereocenters. The third-order valence-electron chi connectivity index (χ3n) is 2.69. The molecule has 0 saturated heterocycles. The highest BCUT2D eigenvalue weighted by molar-refractivity contribution is 6.33. The maximum atomic E-state index is 11.9. The first kappa shape index (κ1) is 14.6. The van der Waals surface area contributed by atoms with Crippen molar-refractivity contribution in [3.8, 4) is 5.69 Å². The SMILES string of the molecule is CC(C)NCC(=O)Nc1cccc(Cl)c1-n1ccnc1. The second kappa shape index (κ2) is 6.54. The van der Waals surface area contributed by atoms with E-state index >= 15 is 0 Å². The van der Waals surface area contributed by atoms with Gasteiger partial charge in [0.05, 0.1) is 29.3 Å². The van der Waals surface area contributed by atoms with Crippen LogP contribution < -0.4 is 10.6 Å². The molecule has 20 heavy (non-hydrogen) atoms. The Balaban J connectivity index is 2.20. The molecule has 2 N–H and O–H groups in total. The lowest BCUT2D eigenvalue weighted by atomic mass is 10.2. The Kier molecular flexibility index (Phi) is 4.76. The average molecular weight is 293 g/mol. The lowest BCUT2D eigenvalue weighted by Gasteiger charge is -2.14. The fourth-order valence-electron chi connectivity index (χ4n) is 1.76. The summed E-state index contributed by atoms with van der Waals surface area (Å²) in [4.78, 5) is 15.9. The molecule has 106 valence electrons. The number of carbonyl (C=O) groups excluding carboxylic acids is 1. The maximum Gasteiger partial charge on any atom is 0.238 e. The molecule has 0 aliphatic heterocycles. The summed E-state index contributed by atoms with van der Waals surface area (Å²) in [5.74, 6) is -0.109. The lowest BCUT2D eigenvalue weighted by Crippen LogP contribution is -2.32. The second-order valence-electron chi connectivity index (χ2n) is 4.69. The molecule has 0 radical (unpaired) electrons. The first-order valence-electron chi connectivity index (χ1n) is 6.38. The molecule has 0 bridgehead atoms. The van der Waals surface area contributed by atoms with E-state index in [4.69, 9.17) is 11.6 Å². The van der Waals surface area contributed by atoms with E-state index in [0.717, 1.165) is 0 Å². The smallest absolute Gasteiger partial charge is 0.238 e. The van der Waals surface area contributed by atoms with Crippen LogP contribution in [0, 0.1) is 0 Å². The van der Waals surface area contributed by atoms with Crippen molar-refractivity contribution in [3.63, 3.8) is 0 Å². The Hall–Kier alpha value is -1.85. The van der Waals surface area contributed by atoms with Gasteiger partial charge in [-0.3, -0.25) is 4.79 Å². The largest absolute Gasteiger partial charge is 0.323 e. The van der Waals surface area contributed by atoms with Gasteiger partial charge in [0.1, 0.15) is 0 Å². The van der Waals surface area contributed by atoms with Crippen molar-refractivity contribution in [2.24, 2.45) is 0 Å². The molecule has 0 unspecified atom stereocenters. The zero-order valence-corrected chi connectivity index (χ0v) is 12.2. The third-order valence-corrected chi connectivity index (χ3v) is 3.00. The van der Waals surface area contributed by atoms with E-state index in [9.17, 15) is 4.79 Å². The van der Waals surface area contributed by atoms with Gasteiger partial charge in [-0.05, 0) is 12.1 Å². The molecular formula is C14H17ClN4O. The van der Waals surface area contributed by atoms with Crippen molar-refractivity contribution in [2.45, 2.75) is 19.9 Å². The molecule has 5 nitrogen and oxygen atoms in total. The van der Waals surface area contributed by atoms with E-state index in [-0.39, 0.29) is 18.5 Å². The summed E-state index contributed by atoms with van der Waals surface area (Å²) in [7, 11) is 0.